The van der Waals surface area contributed by atoms with Crippen LogP contribution >= 0.6 is 23.1 Å². The highest BCUT2D eigenvalue weighted by atomic mass is 32.2. The zero-order valence-corrected chi connectivity index (χ0v) is 17.7. The van der Waals surface area contributed by atoms with Gasteiger partial charge in [-0.3, -0.25) is 14.3 Å². The molecule has 1 amide bonds. The molecule has 6 nitrogen and oxygen atoms in total. The Morgan fingerprint density at radius 2 is 2.00 bits per heavy atom. The van der Waals surface area contributed by atoms with Gasteiger partial charge in [-0.1, -0.05) is 42.1 Å². The van der Waals surface area contributed by atoms with Crippen LogP contribution in [0.5, 0.6) is 0 Å². The summed E-state index contributed by atoms with van der Waals surface area (Å²) < 4.78 is 1.95. The van der Waals surface area contributed by atoms with Gasteiger partial charge in [0.2, 0.25) is 5.91 Å². The van der Waals surface area contributed by atoms with E-state index in [2.05, 4.69) is 15.2 Å². The first-order chi connectivity index (χ1) is 14.1. The van der Waals surface area contributed by atoms with E-state index in [4.69, 9.17) is 0 Å². The lowest BCUT2D eigenvalue weighted by Crippen LogP contribution is -2.22. The Kier molecular flexibility index (Phi) is 5.73. The summed E-state index contributed by atoms with van der Waals surface area (Å²) in [4.78, 5) is 18.6. The number of carbonyl (C=O) groups is 1. The minimum Gasteiger partial charge on any atom is -0.277 e. The highest BCUT2D eigenvalue weighted by molar-refractivity contribution is 7.98. The van der Waals surface area contributed by atoms with Crippen LogP contribution in [0.15, 0.2) is 71.5 Å². The predicted octanol–water partition coefficient (Wildman–Crippen LogP) is 5.01. The van der Waals surface area contributed by atoms with Gasteiger partial charge in [-0.25, -0.2) is 4.98 Å². The first-order valence-corrected chi connectivity index (χ1v) is 10.9. The van der Waals surface area contributed by atoms with E-state index in [1.807, 2.05) is 71.5 Å². The SMILES string of the molecule is CC(=O)N(c1cccc(C)c1)c1nc(CSc2nncn2-c2ccccc2)cs1. The van der Waals surface area contributed by atoms with Crippen molar-refractivity contribution in [1.29, 1.82) is 0 Å². The fourth-order valence-electron chi connectivity index (χ4n) is 2.89. The summed E-state index contributed by atoms with van der Waals surface area (Å²) in [6, 6.07) is 17.8. The highest BCUT2D eigenvalue weighted by Gasteiger charge is 2.18. The number of amides is 1. The summed E-state index contributed by atoms with van der Waals surface area (Å²) in [6.45, 7) is 3.56. The molecule has 0 radical (unpaired) electrons. The Balaban J connectivity index is 1.52. The van der Waals surface area contributed by atoms with Crippen molar-refractivity contribution in [3.05, 3.63) is 77.6 Å². The van der Waals surface area contributed by atoms with Gasteiger partial charge in [0.15, 0.2) is 10.3 Å². The van der Waals surface area contributed by atoms with Gasteiger partial charge in [0.05, 0.1) is 11.4 Å². The number of thiazole rings is 1. The van der Waals surface area contributed by atoms with Crippen molar-refractivity contribution in [3.8, 4) is 5.69 Å². The number of hydrogen-bond acceptors (Lipinski definition) is 6. The molecule has 0 aliphatic carbocycles. The molecule has 29 heavy (non-hydrogen) atoms. The normalized spacial score (nSPS) is 10.8. The quantitative estimate of drug-likeness (QED) is 0.410. The lowest BCUT2D eigenvalue weighted by Gasteiger charge is -2.18. The third-order valence-electron chi connectivity index (χ3n) is 4.21. The second-order valence-corrected chi connectivity index (χ2v) is 8.20. The minimum absolute atomic E-state index is 0.0621. The molecular weight excluding hydrogens is 402 g/mol. The Labute approximate surface area is 177 Å². The first kappa shape index (κ1) is 19.4. The molecule has 2 aromatic heterocycles. The molecule has 146 valence electrons. The summed E-state index contributed by atoms with van der Waals surface area (Å²) in [6.07, 6.45) is 1.71. The zero-order chi connectivity index (χ0) is 20.2. The second kappa shape index (κ2) is 8.59. The van der Waals surface area contributed by atoms with Gasteiger partial charge in [-0.05, 0) is 36.8 Å². The summed E-state index contributed by atoms with van der Waals surface area (Å²) in [5.41, 5.74) is 3.84. The molecule has 0 aliphatic heterocycles. The third kappa shape index (κ3) is 4.38. The summed E-state index contributed by atoms with van der Waals surface area (Å²) in [7, 11) is 0. The first-order valence-electron chi connectivity index (χ1n) is 9.02. The molecular formula is C21H19N5OS2. The maximum Gasteiger partial charge on any atom is 0.230 e. The average molecular weight is 422 g/mol. The molecule has 0 spiro atoms. The predicted molar refractivity (Wildman–Crippen MR) is 117 cm³/mol. The number of benzene rings is 2. The molecule has 4 rings (SSSR count). The van der Waals surface area contributed by atoms with Crippen LogP contribution in [0.4, 0.5) is 10.8 Å². The number of nitrogens with zero attached hydrogens (tertiary/aromatic N) is 5. The van der Waals surface area contributed by atoms with Gasteiger partial charge in [0.1, 0.15) is 6.33 Å². The van der Waals surface area contributed by atoms with Gasteiger partial charge in [-0.15, -0.1) is 21.5 Å². The lowest BCUT2D eigenvalue weighted by molar-refractivity contribution is -0.115. The number of thioether (sulfide) groups is 1. The van der Waals surface area contributed by atoms with Crippen LogP contribution in [0.3, 0.4) is 0 Å². The molecule has 2 heterocycles. The summed E-state index contributed by atoms with van der Waals surface area (Å²) in [5.74, 6) is 0.578. The number of carbonyl (C=O) groups excluding carboxylic acids is 1. The van der Waals surface area contributed by atoms with Gasteiger partial charge in [0.25, 0.3) is 0 Å². The van der Waals surface area contributed by atoms with Gasteiger partial charge >= 0.3 is 0 Å². The largest absolute Gasteiger partial charge is 0.277 e. The van der Waals surface area contributed by atoms with E-state index in [0.717, 1.165) is 27.8 Å². The zero-order valence-electron chi connectivity index (χ0n) is 16.0. The van der Waals surface area contributed by atoms with Crippen molar-refractivity contribution in [2.75, 3.05) is 4.90 Å². The molecule has 4 aromatic rings. The van der Waals surface area contributed by atoms with Crippen LogP contribution < -0.4 is 4.90 Å². The highest BCUT2D eigenvalue weighted by Crippen LogP contribution is 2.31. The molecule has 0 unspecified atom stereocenters. The number of aryl methyl sites for hydroxylation is 1. The Bertz CT molecular complexity index is 1120. The maximum absolute atomic E-state index is 12.3. The number of hydrogen-bond donors (Lipinski definition) is 0. The van der Waals surface area contributed by atoms with Gasteiger partial charge in [-0.2, -0.15) is 0 Å². The molecule has 0 N–H and O–H groups in total. The van der Waals surface area contributed by atoms with Gasteiger partial charge in [0, 0.05) is 23.7 Å². The monoisotopic (exact) mass is 421 g/mol. The van der Waals surface area contributed by atoms with Crippen LogP contribution in [0, 0.1) is 6.92 Å². The Hall–Kier alpha value is -2.97. The van der Waals surface area contributed by atoms with Crippen molar-refractivity contribution < 1.29 is 4.79 Å². The minimum atomic E-state index is -0.0621. The van der Waals surface area contributed by atoms with Crippen molar-refractivity contribution in [1.82, 2.24) is 19.7 Å². The van der Waals surface area contributed by atoms with Crippen molar-refractivity contribution in [3.63, 3.8) is 0 Å². The van der Waals surface area contributed by atoms with E-state index in [-0.39, 0.29) is 5.91 Å². The van der Waals surface area contributed by atoms with E-state index in [0.29, 0.717) is 10.9 Å². The van der Waals surface area contributed by atoms with Crippen molar-refractivity contribution >= 4 is 39.8 Å². The molecule has 0 bridgehead atoms. The van der Waals surface area contributed by atoms with Crippen LogP contribution in [-0.2, 0) is 10.5 Å². The van der Waals surface area contributed by atoms with Crippen LogP contribution in [0.1, 0.15) is 18.2 Å². The summed E-state index contributed by atoms with van der Waals surface area (Å²) >= 11 is 3.03. The molecule has 0 fully saturated rings. The smallest absolute Gasteiger partial charge is 0.230 e. The lowest BCUT2D eigenvalue weighted by atomic mass is 10.2. The number of anilines is 2. The second-order valence-electron chi connectivity index (χ2n) is 6.42. The molecule has 0 saturated heterocycles. The third-order valence-corrected chi connectivity index (χ3v) is 6.06. The van der Waals surface area contributed by atoms with E-state index in [1.54, 1.807) is 29.9 Å². The standard InChI is InChI=1S/C21H19N5OS2/c1-15-7-6-10-19(11-15)26(16(2)27)20-23-17(12-28-20)13-29-21-24-22-14-25(21)18-8-4-3-5-9-18/h3-12,14H,13H2,1-2H3. The van der Waals surface area contributed by atoms with Crippen molar-refractivity contribution in [2.24, 2.45) is 0 Å². The molecule has 0 atom stereocenters. The molecule has 8 heteroatoms. The van der Waals surface area contributed by atoms with E-state index < -0.39 is 0 Å². The maximum atomic E-state index is 12.3. The van der Waals surface area contributed by atoms with E-state index in [1.165, 1.54) is 11.3 Å². The molecule has 0 aliphatic rings. The van der Waals surface area contributed by atoms with Crippen LogP contribution in [0.25, 0.3) is 5.69 Å². The Morgan fingerprint density at radius 1 is 1.17 bits per heavy atom. The number of rotatable bonds is 6. The number of para-hydroxylation sites is 1. The van der Waals surface area contributed by atoms with Gasteiger partial charge < -0.3 is 0 Å². The number of aromatic nitrogens is 4. The van der Waals surface area contributed by atoms with Crippen LogP contribution in [-0.4, -0.2) is 25.7 Å². The fourth-order valence-corrected chi connectivity index (χ4v) is 4.70. The molecule has 2 aromatic carbocycles. The summed E-state index contributed by atoms with van der Waals surface area (Å²) in [5, 5.41) is 11.7. The molecule has 0 saturated carbocycles. The van der Waals surface area contributed by atoms with Crippen molar-refractivity contribution in [2.45, 2.75) is 24.8 Å². The van der Waals surface area contributed by atoms with E-state index >= 15 is 0 Å². The average Bonchev–Trinajstić information content (AvgIpc) is 3.36. The Morgan fingerprint density at radius 3 is 2.76 bits per heavy atom. The van der Waals surface area contributed by atoms with Crippen LogP contribution in [0.2, 0.25) is 0 Å². The topological polar surface area (TPSA) is 63.9 Å². The van der Waals surface area contributed by atoms with E-state index in [9.17, 15) is 4.79 Å². The fraction of sp³-hybridized carbons (Fsp3) is 0.143.